The molecule has 1 N–H and O–H groups in total. The highest BCUT2D eigenvalue weighted by atomic mass is 79.9. The van der Waals surface area contributed by atoms with Gasteiger partial charge in [-0.15, -0.1) is 0 Å². The van der Waals surface area contributed by atoms with E-state index in [4.69, 9.17) is 9.47 Å². The molecule has 0 aliphatic carbocycles. The summed E-state index contributed by atoms with van der Waals surface area (Å²) in [5.74, 6) is -1.70. The lowest BCUT2D eigenvalue weighted by Gasteiger charge is -2.16. The summed E-state index contributed by atoms with van der Waals surface area (Å²) in [7, 11) is 2.57. The number of hydrogen-bond donors (Lipinski definition) is 1. The van der Waals surface area contributed by atoms with Crippen LogP contribution < -0.4 is 10.1 Å². The quantitative estimate of drug-likeness (QED) is 0.340. The number of esters is 1. The highest BCUT2D eigenvalue weighted by molar-refractivity contribution is 9.11. The molecule has 0 saturated heterocycles. The number of hydrogen-bond acceptors (Lipinski definition) is 6. The number of benzene rings is 2. The summed E-state index contributed by atoms with van der Waals surface area (Å²) in [4.78, 5) is 35.4. The van der Waals surface area contributed by atoms with Crippen LogP contribution >= 0.6 is 31.9 Å². The summed E-state index contributed by atoms with van der Waals surface area (Å²) >= 11 is 6.59. The van der Waals surface area contributed by atoms with Crippen LogP contribution in [0, 0.1) is 10.1 Å². The van der Waals surface area contributed by atoms with Crippen LogP contribution in [0.3, 0.4) is 0 Å². The van der Waals surface area contributed by atoms with Gasteiger partial charge in [-0.05, 0) is 46.6 Å². The van der Waals surface area contributed by atoms with Crippen molar-refractivity contribution in [2.45, 2.75) is 12.8 Å². The van der Waals surface area contributed by atoms with Gasteiger partial charge in [0.15, 0.2) is 5.75 Å². The average Bonchev–Trinajstić information content (AvgIpc) is 2.65. The van der Waals surface area contributed by atoms with E-state index < -0.39 is 22.7 Å². The van der Waals surface area contributed by atoms with Gasteiger partial charge in [-0.2, -0.15) is 0 Å². The topological polar surface area (TPSA) is 108 Å². The summed E-state index contributed by atoms with van der Waals surface area (Å²) < 4.78 is 10.8. The van der Waals surface area contributed by atoms with E-state index in [0.717, 1.165) is 0 Å². The van der Waals surface area contributed by atoms with Crippen molar-refractivity contribution in [1.82, 2.24) is 0 Å². The van der Waals surface area contributed by atoms with Crippen LogP contribution in [-0.4, -0.2) is 31.0 Å². The number of rotatable bonds is 6. The first-order chi connectivity index (χ1) is 13.2. The molecular weight excluding hydrogens is 500 g/mol. The number of nitro groups is 1. The van der Waals surface area contributed by atoms with Gasteiger partial charge in [0.05, 0.1) is 36.3 Å². The van der Waals surface area contributed by atoms with Crippen molar-refractivity contribution in [3.05, 3.63) is 60.5 Å². The van der Waals surface area contributed by atoms with Gasteiger partial charge in [0.1, 0.15) is 0 Å². The highest BCUT2D eigenvalue weighted by Crippen LogP contribution is 2.33. The largest absolute Gasteiger partial charge is 0.490 e. The summed E-state index contributed by atoms with van der Waals surface area (Å²) in [6, 6.07) is 7.53. The SMILES string of the molecule is COC(=O)c1c(Br)cc(Br)cc1NC(=O)C(C)c1ccc(OC)c([N+](=O)[O-])c1. The Morgan fingerprint density at radius 2 is 1.86 bits per heavy atom. The lowest BCUT2D eigenvalue weighted by Crippen LogP contribution is -2.21. The molecule has 0 spiro atoms. The minimum absolute atomic E-state index is 0.102. The van der Waals surface area contributed by atoms with Gasteiger partial charge < -0.3 is 14.8 Å². The van der Waals surface area contributed by atoms with Crippen molar-refractivity contribution >= 4 is 55.1 Å². The molecule has 1 atom stereocenters. The van der Waals surface area contributed by atoms with E-state index in [9.17, 15) is 19.7 Å². The molecule has 2 rings (SSSR count). The van der Waals surface area contributed by atoms with Crippen molar-refractivity contribution < 1.29 is 24.0 Å². The summed E-state index contributed by atoms with van der Waals surface area (Å²) in [5.41, 5.74) is 0.596. The Morgan fingerprint density at radius 3 is 2.43 bits per heavy atom. The molecule has 1 amide bonds. The zero-order chi connectivity index (χ0) is 21.0. The summed E-state index contributed by atoms with van der Waals surface area (Å²) in [6.45, 7) is 1.60. The molecule has 0 bridgehead atoms. The van der Waals surface area contributed by atoms with Crippen LogP contribution in [0.1, 0.15) is 28.8 Å². The number of ether oxygens (including phenoxy) is 2. The summed E-state index contributed by atoms with van der Waals surface area (Å²) in [5, 5.41) is 13.9. The first-order valence-corrected chi connectivity index (χ1v) is 9.48. The minimum atomic E-state index is -0.729. The lowest BCUT2D eigenvalue weighted by molar-refractivity contribution is -0.385. The first kappa shape index (κ1) is 21.8. The van der Waals surface area contributed by atoms with Crippen molar-refractivity contribution in [2.75, 3.05) is 19.5 Å². The van der Waals surface area contributed by atoms with Gasteiger partial charge in [-0.3, -0.25) is 14.9 Å². The van der Waals surface area contributed by atoms with E-state index in [1.165, 1.54) is 26.4 Å². The predicted molar refractivity (Wildman–Crippen MR) is 110 cm³/mol. The fourth-order valence-corrected chi connectivity index (χ4v) is 3.88. The van der Waals surface area contributed by atoms with E-state index in [1.54, 1.807) is 25.1 Å². The van der Waals surface area contributed by atoms with Crippen molar-refractivity contribution in [3.8, 4) is 5.75 Å². The average molecular weight is 516 g/mol. The fraction of sp³-hybridized carbons (Fsp3) is 0.222. The Hall–Kier alpha value is -2.46. The van der Waals surface area contributed by atoms with Crippen LogP contribution in [0.4, 0.5) is 11.4 Å². The van der Waals surface area contributed by atoms with Crippen molar-refractivity contribution in [3.63, 3.8) is 0 Å². The maximum Gasteiger partial charge on any atom is 0.341 e. The molecule has 0 aliphatic rings. The molecule has 28 heavy (non-hydrogen) atoms. The Labute approximate surface area is 177 Å². The third-order valence-corrected chi connectivity index (χ3v) is 5.08. The molecule has 0 aromatic heterocycles. The molecule has 2 aromatic carbocycles. The first-order valence-electron chi connectivity index (χ1n) is 7.90. The number of halogens is 2. The Kier molecular flexibility index (Phi) is 7.14. The lowest BCUT2D eigenvalue weighted by atomic mass is 9.99. The number of nitrogens with zero attached hydrogens (tertiary/aromatic N) is 1. The Bertz CT molecular complexity index is 948. The number of carbonyl (C=O) groups is 2. The molecule has 0 radical (unpaired) electrons. The molecule has 0 aliphatic heterocycles. The van der Waals surface area contributed by atoms with Gasteiger partial charge in [-0.25, -0.2) is 4.79 Å². The van der Waals surface area contributed by atoms with Gasteiger partial charge in [-0.1, -0.05) is 22.0 Å². The molecule has 148 valence electrons. The van der Waals surface area contributed by atoms with Crippen molar-refractivity contribution in [2.24, 2.45) is 0 Å². The minimum Gasteiger partial charge on any atom is -0.490 e. The van der Waals surface area contributed by atoms with Crippen molar-refractivity contribution in [1.29, 1.82) is 0 Å². The fourth-order valence-electron chi connectivity index (χ4n) is 2.49. The maximum absolute atomic E-state index is 12.7. The number of methoxy groups -OCH3 is 2. The highest BCUT2D eigenvalue weighted by Gasteiger charge is 2.24. The maximum atomic E-state index is 12.7. The molecule has 2 aromatic rings. The molecule has 10 heteroatoms. The van der Waals surface area contributed by atoms with Gasteiger partial charge in [0.25, 0.3) is 0 Å². The van der Waals surface area contributed by atoms with E-state index in [2.05, 4.69) is 37.2 Å². The second-order valence-electron chi connectivity index (χ2n) is 5.70. The van der Waals surface area contributed by atoms with Crippen LogP contribution in [0.15, 0.2) is 39.3 Å². The standard InChI is InChI=1S/C18H16Br2N2O6/c1-9(10-4-5-15(27-2)14(6-10)22(25)26)17(23)21-13-8-11(19)7-12(20)16(13)18(24)28-3/h4-9H,1-3H3,(H,21,23). The van der Waals surface area contributed by atoms with Gasteiger partial charge in [0, 0.05) is 15.0 Å². The number of carbonyl (C=O) groups excluding carboxylic acids is 2. The van der Waals surface area contributed by atoms with Gasteiger partial charge in [0.2, 0.25) is 5.91 Å². The zero-order valence-corrected chi connectivity index (χ0v) is 18.3. The number of anilines is 1. The van der Waals surface area contributed by atoms with E-state index in [1.807, 2.05) is 0 Å². The summed E-state index contributed by atoms with van der Waals surface area (Å²) in [6.07, 6.45) is 0. The van der Waals surface area contributed by atoms with E-state index >= 15 is 0 Å². The Balaban J connectivity index is 2.37. The van der Waals surface area contributed by atoms with Crippen LogP contribution in [0.5, 0.6) is 5.75 Å². The van der Waals surface area contributed by atoms with E-state index in [-0.39, 0.29) is 22.7 Å². The molecule has 8 nitrogen and oxygen atoms in total. The molecule has 0 fully saturated rings. The van der Waals surface area contributed by atoms with Gasteiger partial charge >= 0.3 is 11.7 Å². The van der Waals surface area contributed by atoms with E-state index in [0.29, 0.717) is 14.5 Å². The number of amides is 1. The zero-order valence-electron chi connectivity index (χ0n) is 15.1. The smallest absolute Gasteiger partial charge is 0.341 e. The predicted octanol–water partition coefficient (Wildman–Crippen LogP) is 4.66. The molecule has 0 heterocycles. The number of nitro benzene ring substituents is 1. The third kappa shape index (κ3) is 4.68. The van der Waals surface area contributed by atoms with Crippen LogP contribution in [0.2, 0.25) is 0 Å². The molecule has 1 unspecified atom stereocenters. The second-order valence-corrected chi connectivity index (χ2v) is 7.47. The number of nitrogens with one attached hydrogen (secondary N) is 1. The molecular formula is C18H16Br2N2O6. The Morgan fingerprint density at radius 1 is 1.18 bits per heavy atom. The van der Waals surface area contributed by atoms with Crippen LogP contribution in [-0.2, 0) is 9.53 Å². The third-order valence-electron chi connectivity index (χ3n) is 4.00. The monoisotopic (exact) mass is 514 g/mol. The second kappa shape index (κ2) is 9.16. The van der Waals surface area contributed by atoms with Crippen LogP contribution in [0.25, 0.3) is 0 Å². The molecule has 0 saturated carbocycles. The normalized spacial score (nSPS) is 11.5.